The highest BCUT2D eigenvalue weighted by Gasteiger charge is 2.12. The van der Waals surface area contributed by atoms with Crippen LogP contribution in [-0.2, 0) is 4.74 Å². The number of morpholine rings is 1. The first kappa shape index (κ1) is 22.0. The van der Waals surface area contributed by atoms with E-state index in [2.05, 4.69) is 56.6 Å². The second kappa shape index (κ2) is 9.97. The fraction of sp³-hybridized carbons (Fsp3) is 0.259. The number of benzene rings is 3. The number of aromatic nitrogens is 2. The van der Waals surface area contributed by atoms with Crippen molar-refractivity contribution in [1.29, 1.82) is 0 Å². The molecule has 7 heteroatoms. The minimum atomic E-state index is 0.589. The van der Waals surface area contributed by atoms with Crippen LogP contribution in [0.1, 0.15) is 6.92 Å². The molecule has 4 aromatic rings. The van der Waals surface area contributed by atoms with Crippen LogP contribution in [-0.4, -0.2) is 50.0 Å². The lowest BCUT2D eigenvalue weighted by molar-refractivity contribution is 0.122. The Morgan fingerprint density at radius 1 is 0.912 bits per heavy atom. The molecule has 0 spiro atoms. The zero-order chi connectivity index (χ0) is 23.3. The van der Waals surface area contributed by atoms with Gasteiger partial charge in [0.1, 0.15) is 12.1 Å². The number of rotatable bonds is 7. The number of hydrogen-bond donors (Lipinski definition) is 1. The van der Waals surface area contributed by atoms with Gasteiger partial charge in [-0.15, -0.1) is 0 Å². The maximum Gasteiger partial charge on any atom is 0.161 e. The smallest absolute Gasteiger partial charge is 0.161 e. The van der Waals surface area contributed by atoms with Crippen LogP contribution >= 0.6 is 0 Å². The van der Waals surface area contributed by atoms with Gasteiger partial charge in [-0.25, -0.2) is 9.97 Å². The number of fused-ring (bicyclic) bond motifs is 1. The lowest BCUT2D eigenvalue weighted by Gasteiger charge is -2.28. The second-order valence-electron chi connectivity index (χ2n) is 8.02. The van der Waals surface area contributed by atoms with Crippen LogP contribution in [0.3, 0.4) is 0 Å². The Hall–Kier alpha value is -3.84. The Balaban J connectivity index is 1.43. The molecule has 1 aromatic heterocycles. The van der Waals surface area contributed by atoms with Gasteiger partial charge in [0.05, 0.1) is 32.4 Å². The monoisotopic (exact) mass is 456 g/mol. The van der Waals surface area contributed by atoms with Crippen LogP contribution in [0, 0.1) is 0 Å². The number of ether oxygens (including phenoxy) is 3. The molecular formula is C27H28N4O3. The summed E-state index contributed by atoms with van der Waals surface area (Å²) in [5, 5.41) is 4.41. The number of nitrogens with zero attached hydrogens (tertiary/aromatic N) is 3. The molecule has 174 valence electrons. The van der Waals surface area contributed by atoms with E-state index in [-0.39, 0.29) is 0 Å². The second-order valence-corrected chi connectivity index (χ2v) is 8.02. The van der Waals surface area contributed by atoms with E-state index < -0.39 is 0 Å². The van der Waals surface area contributed by atoms with E-state index >= 15 is 0 Å². The predicted octanol–water partition coefficient (Wildman–Crippen LogP) is 5.28. The van der Waals surface area contributed by atoms with Gasteiger partial charge in [-0.2, -0.15) is 0 Å². The molecule has 0 atom stereocenters. The molecular weight excluding hydrogens is 428 g/mol. The SMILES string of the molecule is CCOc1ccc(-c2ccc3ncnc(Nc4ccc(N5CCOCC5)cc4)c3c2)cc1OC. The van der Waals surface area contributed by atoms with Crippen molar-refractivity contribution < 1.29 is 14.2 Å². The summed E-state index contributed by atoms with van der Waals surface area (Å²) in [5.74, 6) is 2.21. The van der Waals surface area contributed by atoms with Gasteiger partial charge in [0.15, 0.2) is 11.5 Å². The summed E-state index contributed by atoms with van der Waals surface area (Å²) in [6.07, 6.45) is 1.59. The lowest BCUT2D eigenvalue weighted by atomic mass is 10.0. The molecule has 1 saturated heterocycles. The van der Waals surface area contributed by atoms with Gasteiger partial charge in [-0.05, 0) is 66.6 Å². The quantitative estimate of drug-likeness (QED) is 0.405. The third-order valence-corrected chi connectivity index (χ3v) is 5.94. The number of anilines is 3. The third kappa shape index (κ3) is 4.61. The Morgan fingerprint density at radius 2 is 1.68 bits per heavy atom. The van der Waals surface area contributed by atoms with Gasteiger partial charge in [-0.1, -0.05) is 12.1 Å². The normalized spacial score (nSPS) is 13.6. The molecule has 7 nitrogen and oxygen atoms in total. The Labute approximate surface area is 199 Å². The molecule has 1 aliphatic heterocycles. The zero-order valence-corrected chi connectivity index (χ0v) is 19.5. The maximum atomic E-state index is 5.66. The van der Waals surface area contributed by atoms with Gasteiger partial charge in [0, 0.05) is 29.9 Å². The van der Waals surface area contributed by atoms with E-state index in [4.69, 9.17) is 14.2 Å². The van der Waals surface area contributed by atoms with E-state index in [1.165, 1.54) is 5.69 Å². The summed E-state index contributed by atoms with van der Waals surface area (Å²) in [5.41, 5.74) is 5.14. The number of nitrogens with one attached hydrogen (secondary N) is 1. The fourth-order valence-electron chi connectivity index (χ4n) is 4.17. The van der Waals surface area contributed by atoms with E-state index in [0.717, 1.165) is 65.6 Å². The minimum absolute atomic E-state index is 0.589. The Bertz CT molecular complexity index is 1270. The molecule has 0 amide bonds. The van der Waals surface area contributed by atoms with E-state index in [1.807, 2.05) is 31.2 Å². The number of methoxy groups -OCH3 is 1. The average molecular weight is 457 g/mol. The van der Waals surface area contributed by atoms with Crippen LogP contribution in [0.15, 0.2) is 67.0 Å². The van der Waals surface area contributed by atoms with Gasteiger partial charge in [0.2, 0.25) is 0 Å². The molecule has 0 radical (unpaired) electrons. The first-order valence-corrected chi connectivity index (χ1v) is 11.5. The van der Waals surface area contributed by atoms with Crippen molar-refractivity contribution in [3.05, 3.63) is 67.0 Å². The fourth-order valence-corrected chi connectivity index (χ4v) is 4.17. The molecule has 1 N–H and O–H groups in total. The highest BCUT2D eigenvalue weighted by Crippen LogP contribution is 2.34. The van der Waals surface area contributed by atoms with Crippen molar-refractivity contribution in [3.8, 4) is 22.6 Å². The van der Waals surface area contributed by atoms with Gasteiger partial charge < -0.3 is 24.4 Å². The van der Waals surface area contributed by atoms with Crippen molar-refractivity contribution in [3.63, 3.8) is 0 Å². The van der Waals surface area contributed by atoms with E-state index in [9.17, 15) is 0 Å². The summed E-state index contributed by atoms with van der Waals surface area (Å²) >= 11 is 0. The molecule has 0 bridgehead atoms. The molecule has 1 fully saturated rings. The topological polar surface area (TPSA) is 68.7 Å². The van der Waals surface area contributed by atoms with Crippen molar-refractivity contribution in [2.24, 2.45) is 0 Å². The van der Waals surface area contributed by atoms with Crippen LogP contribution < -0.4 is 19.7 Å². The molecule has 0 aliphatic carbocycles. The van der Waals surface area contributed by atoms with Gasteiger partial charge in [-0.3, -0.25) is 0 Å². The van der Waals surface area contributed by atoms with E-state index in [0.29, 0.717) is 12.4 Å². The summed E-state index contributed by atoms with van der Waals surface area (Å²) < 4.78 is 16.6. The van der Waals surface area contributed by atoms with Crippen molar-refractivity contribution in [2.75, 3.05) is 50.2 Å². The Kier molecular flexibility index (Phi) is 6.44. The molecule has 3 aromatic carbocycles. The zero-order valence-electron chi connectivity index (χ0n) is 19.5. The van der Waals surface area contributed by atoms with Crippen LogP contribution in [0.5, 0.6) is 11.5 Å². The highest BCUT2D eigenvalue weighted by molar-refractivity contribution is 5.94. The number of hydrogen-bond acceptors (Lipinski definition) is 7. The average Bonchev–Trinajstić information content (AvgIpc) is 2.90. The summed E-state index contributed by atoms with van der Waals surface area (Å²) in [4.78, 5) is 11.3. The summed E-state index contributed by atoms with van der Waals surface area (Å²) in [7, 11) is 1.65. The lowest BCUT2D eigenvalue weighted by Crippen LogP contribution is -2.36. The first-order valence-electron chi connectivity index (χ1n) is 11.5. The van der Waals surface area contributed by atoms with Crippen molar-refractivity contribution >= 4 is 28.1 Å². The largest absolute Gasteiger partial charge is 0.493 e. The highest BCUT2D eigenvalue weighted by atomic mass is 16.5. The standard InChI is InChI=1S/C27H28N4O3/c1-3-34-25-11-5-20(17-26(25)32-2)19-4-10-24-23(16-19)27(29-18-28-24)30-21-6-8-22(9-7-21)31-12-14-33-15-13-31/h4-11,16-18H,3,12-15H2,1-2H3,(H,28,29,30). The molecule has 0 saturated carbocycles. The molecule has 2 heterocycles. The molecule has 34 heavy (non-hydrogen) atoms. The molecule has 5 rings (SSSR count). The van der Waals surface area contributed by atoms with Gasteiger partial charge in [0.25, 0.3) is 0 Å². The van der Waals surface area contributed by atoms with E-state index in [1.54, 1.807) is 13.4 Å². The summed E-state index contributed by atoms with van der Waals surface area (Å²) in [6.45, 7) is 5.93. The van der Waals surface area contributed by atoms with Crippen molar-refractivity contribution in [2.45, 2.75) is 6.92 Å². The minimum Gasteiger partial charge on any atom is -0.493 e. The molecule has 0 unspecified atom stereocenters. The van der Waals surface area contributed by atoms with Gasteiger partial charge >= 0.3 is 0 Å². The maximum absolute atomic E-state index is 5.66. The third-order valence-electron chi connectivity index (χ3n) is 5.94. The van der Waals surface area contributed by atoms with Crippen LogP contribution in [0.2, 0.25) is 0 Å². The summed E-state index contributed by atoms with van der Waals surface area (Å²) in [6, 6.07) is 20.6. The van der Waals surface area contributed by atoms with Crippen molar-refractivity contribution in [1.82, 2.24) is 9.97 Å². The first-order chi connectivity index (χ1) is 16.7. The molecule has 1 aliphatic rings. The van der Waals surface area contributed by atoms with Crippen LogP contribution in [0.25, 0.3) is 22.0 Å². The predicted molar refractivity (Wildman–Crippen MR) is 135 cm³/mol. The van der Waals surface area contributed by atoms with Crippen LogP contribution in [0.4, 0.5) is 17.2 Å². The Morgan fingerprint density at radius 3 is 2.44 bits per heavy atom.